The molecule has 0 bridgehead atoms. The number of benzene rings is 6. The normalized spacial score (nSPS) is 11.4. The zero-order valence-corrected chi connectivity index (χ0v) is 45.4. The third kappa shape index (κ3) is 13.9. The maximum absolute atomic E-state index is 13.0. The highest BCUT2D eigenvalue weighted by atomic mass is 32.2. The molecule has 0 amide bonds. The van der Waals surface area contributed by atoms with Crippen LogP contribution >= 0.6 is 0 Å². The quantitative estimate of drug-likeness (QED) is 0.0657. The molecule has 0 aliphatic carbocycles. The fraction of sp³-hybridized carbons (Fsp3) is 0.172. The van der Waals surface area contributed by atoms with Gasteiger partial charge in [0, 0.05) is 46.7 Å². The predicted octanol–water partition coefficient (Wildman–Crippen LogP) is 10.1. The van der Waals surface area contributed by atoms with E-state index in [4.69, 9.17) is 19.3 Å². The Hall–Kier alpha value is -8.59. The number of nitrogens with zero attached hydrogens (tertiary/aromatic N) is 3. The zero-order chi connectivity index (χ0) is 56.2. The summed E-state index contributed by atoms with van der Waals surface area (Å²) in [7, 11) is -5.91. The van der Waals surface area contributed by atoms with Gasteiger partial charge in [0.05, 0.1) is 73.4 Å². The zero-order valence-electron chi connectivity index (χ0n) is 42.9. The number of sulfone groups is 3. The molecule has 402 valence electrons. The lowest BCUT2D eigenvalue weighted by molar-refractivity contribution is 0.0599. The van der Waals surface area contributed by atoms with Crippen LogP contribution in [0.1, 0.15) is 67.5 Å². The number of ketones is 1. The average molecular weight is 1110 g/mol. The van der Waals surface area contributed by atoms with E-state index in [1.165, 1.54) is 83.3 Å². The first-order chi connectivity index (χ1) is 37.3. The number of esters is 1. The molecule has 1 N–H and O–H groups in total. The summed E-state index contributed by atoms with van der Waals surface area (Å²) in [4.78, 5) is 47.7. The monoisotopic (exact) mass is 1110 g/mol. The molecule has 9 rings (SSSR count). The summed E-state index contributed by atoms with van der Waals surface area (Å²) in [5.74, 6) is -2.16. The van der Waals surface area contributed by atoms with Crippen molar-refractivity contribution in [1.82, 2.24) is 15.0 Å². The number of carbonyl (C=O) groups is 3. The minimum absolute atomic E-state index is 0.0279. The average Bonchev–Trinajstić information content (AvgIpc) is 3.47. The molecule has 17 nitrogen and oxygen atoms in total. The van der Waals surface area contributed by atoms with Crippen molar-refractivity contribution in [2.75, 3.05) is 28.4 Å². The van der Waals surface area contributed by atoms with Crippen LogP contribution < -0.4 is 14.2 Å². The standard InChI is InChI=1S/C21H21NO4S.C19H17NO5S.C18H15NO5S/c1-3-6-19(23)17-9-10-20(26-2)21(12-17)27(24,25)14-15-11-16-7-4-5-8-18(16)22-13-15;1-24-17-8-7-15(19(21)25-2)10-18(17)26(22,23)12-13-9-14-5-3-4-6-16(14)20-11-13;1-24-16-7-6-14(18(20)21)9-17(16)25(22,23)11-12-8-13-4-2-3-5-15(13)19-10-12/h4-5,7-13H,3,6,14H2,1-2H3;3-11H,12H2,1-2H3;2-10H,11H2,1H3,(H,20,21). The van der Waals surface area contributed by atoms with E-state index in [2.05, 4.69) is 19.7 Å². The summed E-state index contributed by atoms with van der Waals surface area (Å²) in [6.07, 6.45) is 5.69. The number of Topliss-reactive ketones (excluding diaryl/α,β-unsaturated/α-hetero) is 1. The van der Waals surface area contributed by atoms with Gasteiger partial charge in [0.1, 0.15) is 31.9 Å². The minimum atomic E-state index is -3.81. The molecule has 6 aromatic carbocycles. The van der Waals surface area contributed by atoms with Crippen LogP contribution in [0.15, 0.2) is 179 Å². The van der Waals surface area contributed by atoms with E-state index in [-0.39, 0.29) is 66.1 Å². The molecule has 9 aromatic rings. The number of pyridine rings is 3. The number of hydrogen-bond donors (Lipinski definition) is 1. The van der Waals surface area contributed by atoms with Crippen LogP contribution in [-0.4, -0.2) is 91.5 Å². The van der Waals surface area contributed by atoms with Gasteiger partial charge in [-0.05, 0) is 114 Å². The van der Waals surface area contributed by atoms with Crippen molar-refractivity contribution >= 4 is 79.9 Å². The van der Waals surface area contributed by atoms with Gasteiger partial charge in [0.25, 0.3) is 0 Å². The van der Waals surface area contributed by atoms with Gasteiger partial charge in [0.2, 0.25) is 0 Å². The Kier molecular flexibility index (Phi) is 18.3. The van der Waals surface area contributed by atoms with Crippen molar-refractivity contribution in [1.29, 1.82) is 0 Å². The number of carbonyl (C=O) groups excluding carboxylic acids is 2. The first kappa shape index (κ1) is 57.1. The topological polar surface area (TPSA) is 249 Å². The predicted molar refractivity (Wildman–Crippen MR) is 294 cm³/mol. The fourth-order valence-corrected chi connectivity index (χ4v) is 12.7. The summed E-state index contributed by atoms with van der Waals surface area (Å²) in [6.45, 7) is 1.91. The summed E-state index contributed by atoms with van der Waals surface area (Å²) >= 11 is 0. The van der Waals surface area contributed by atoms with Crippen molar-refractivity contribution in [3.63, 3.8) is 0 Å². The Morgan fingerprint density at radius 2 is 0.782 bits per heavy atom. The molecule has 0 saturated carbocycles. The Labute approximate surface area is 451 Å². The van der Waals surface area contributed by atoms with Crippen LogP contribution in [-0.2, 0) is 51.5 Å². The van der Waals surface area contributed by atoms with Crippen molar-refractivity contribution < 1.29 is 63.7 Å². The summed E-state index contributed by atoms with van der Waals surface area (Å²) < 4.78 is 97.6. The highest BCUT2D eigenvalue weighted by Crippen LogP contribution is 2.32. The first-order valence-corrected chi connectivity index (χ1v) is 28.8. The molecule has 0 unspecified atom stereocenters. The Balaban J connectivity index is 0.000000170. The van der Waals surface area contributed by atoms with Gasteiger partial charge >= 0.3 is 11.9 Å². The number of fused-ring (bicyclic) bond motifs is 3. The highest BCUT2D eigenvalue weighted by molar-refractivity contribution is 7.91. The second kappa shape index (κ2) is 25.0. The van der Waals surface area contributed by atoms with E-state index in [1.807, 2.05) is 85.8 Å². The molecule has 0 aliphatic rings. The van der Waals surface area contributed by atoms with E-state index in [9.17, 15) is 39.6 Å². The Bertz CT molecular complexity index is 4060. The van der Waals surface area contributed by atoms with E-state index < -0.39 is 41.5 Å². The number of rotatable bonds is 17. The van der Waals surface area contributed by atoms with E-state index >= 15 is 0 Å². The summed E-state index contributed by atoms with van der Waals surface area (Å²) in [5.41, 5.74) is 4.43. The molecule has 3 aromatic heterocycles. The molecule has 0 radical (unpaired) electrons. The largest absolute Gasteiger partial charge is 0.495 e. The number of carboxylic acids is 1. The van der Waals surface area contributed by atoms with Gasteiger partial charge in [-0.1, -0.05) is 61.5 Å². The van der Waals surface area contributed by atoms with Crippen LogP contribution in [0.2, 0.25) is 0 Å². The lowest BCUT2D eigenvalue weighted by Crippen LogP contribution is -2.10. The first-order valence-electron chi connectivity index (χ1n) is 23.9. The maximum atomic E-state index is 13.0. The molecule has 0 aliphatic heterocycles. The smallest absolute Gasteiger partial charge is 0.337 e. The van der Waals surface area contributed by atoms with Crippen LogP contribution in [0.3, 0.4) is 0 Å². The molecule has 0 fully saturated rings. The van der Waals surface area contributed by atoms with Gasteiger partial charge in [-0.15, -0.1) is 0 Å². The second-order valence-electron chi connectivity index (χ2n) is 17.5. The number of para-hydroxylation sites is 3. The van der Waals surface area contributed by atoms with E-state index in [1.54, 1.807) is 24.4 Å². The van der Waals surface area contributed by atoms with Gasteiger partial charge < -0.3 is 24.1 Å². The molecule has 78 heavy (non-hydrogen) atoms. The Morgan fingerprint density at radius 1 is 0.449 bits per heavy atom. The van der Waals surface area contributed by atoms with Crippen molar-refractivity contribution in [2.24, 2.45) is 0 Å². The van der Waals surface area contributed by atoms with Gasteiger partial charge in [-0.25, -0.2) is 34.8 Å². The van der Waals surface area contributed by atoms with Gasteiger partial charge in [0.15, 0.2) is 35.3 Å². The molecule has 0 spiro atoms. The molecular formula is C58H53N3O14S3. The molecule has 3 heterocycles. The fourth-order valence-electron chi connectivity index (χ4n) is 8.16. The number of aromatic nitrogens is 3. The third-order valence-electron chi connectivity index (χ3n) is 12.0. The molecule has 0 atom stereocenters. The number of aromatic carboxylic acids is 1. The number of hydrogen-bond acceptors (Lipinski definition) is 16. The van der Waals surface area contributed by atoms with Crippen molar-refractivity contribution in [2.45, 2.75) is 51.7 Å². The number of ether oxygens (including phenoxy) is 4. The maximum Gasteiger partial charge on any atom is 0.337 e. The van der Waals surface area contributed by atoms with Crippen LogP contribution in [0, 0.1) is 0 Å². The number of methoxy groups -OCH3 is 4. The van der Waals surface area contributed by atoms with E-state index in [0.29, 0.717) is 35.1 Å². The molecule has 20 heteroatoms. The molecule has 0 saturated heterocycles. The van der Waals surface area contributed by atoms with Crippen molar-refractivity contribution in [3.8, 4) is 17.2 Å². The van der Waals surface area contributed by atoms with Crippen molar-refractivity contribution in [3.05, 3.63) is 198 Å². The van der Waals surface area contributed by atoms with E-state index in [0.717, 1.165) is 38.8 Å². The van der Waals surface area contributed by atoms with Gasteiger partial charge in [-0.2, -0.15) is 0 Å². The van der Waals surface area contributed by atoms with Crippen LogP contribution in [0.5, 0.6) is 17.2 Å². The minimum Gasteiger partial charge on any atom is -0.495 e. The molecular weight excluding hydrogens is 1060 g/mol. The lowest BCUT2D eigenvalue weighted by Gasteiger charge is -2.12. The SMILES string of the molecule is CCCC(=O)c1ccc(OC)c(S(=O)(=O)Cc2cnc3ccccc3c2)c1.COC(=O)c1ccc(OC)c(S(=O)(=O)Cc2cnc3ccccc3c2)c1.COc1ccc(C(=O)O)cc1S(=O)(=O)Cc1cnc2ccccc2c1. The van der Waals surface area contributed by atoms with Crippen LogP contribution in [0.4, 0.5) is 0 Å². The summed E-state index contributed by atoms with van der Waals surface area (Å²) in [6, 6.07) is 40.3. The lowest BCUT2D eigenvalue weighted by atomic mass is 10.1. The number of carboxylic acid groups (broad SMARTS) is 1. The summed E-state index contributed by atoms with van der Waals surface area (Å²) in [5, 5.41) is 11.7. The second-order valence-corrected chi connectivity index (χ2v) is 23.3. The van der Waals surface area contributed by atoms with Gasteiger partial charge in [-0.3, -0.25) is 19.7 Å². The van der Waals surface area contributed by atoms with Crippen LogP contribution in [0.25, 0.3) is 32.7 Å². The third-order valence-corrected chi connectivity index (χ3v) is 17.1. The highest BCUT2D eigenvalue weighted by Gasteiger charge is 2.26. The Morgan fingerprint density at radius 3 is 1.13 bits per heavy atom.